The molecule has 29 heavy (non-hydrogen) atoms. The molecule has 0 aliphatic heterocycles. The van der Waals surface area contributed by atoms with Crippen LogP contribution in [0.5, 0.6) is 5.75 Å². The minimum absolute atomic E-state index is 0.0149. The molecular weight excluding hydrogens is 368 g/mol. The first-order valence-corrected chi connectivity index (χ1v) is 9.64. The summed E-state index contributed by atoms with van der Waals surface area (Å²) >= 11 is 0. The van der Waals surface area contributed by atoms with E-state index in [4.69, 9.17) is 4.74 Å². The molecule has 0 saturated heterocycles. The van der Waals surface area contributed by atoms with Gasteiger partial charge in [-0.05, 0) is 37.1 Å². The van der Waals surface area contributed by atoms with E-state index in [1.807, 2.05) is 61.5 Å². The lowest BCUT2D eigenvalue weighted by atomic mass is 9.96. The third kappa shape index (κ3) is 7.46. The van der Waals surface area contributed by atoms with E-state index in [1.54, 1.807) is 14.0 Å². The highest BCUT2D eigenvalue weighted by Gasteiger charge is 2.23. The first-order chi connectivity index (χ1) is 13.9. The zero-order valence-corrected chi connectivity index (χ0v) is 17.2. The van der Waals surface area contributed by atoms with Crippen molar-refractivity contribution in [3.63, 3.8) is 0 Å². The van der Waals surface area contributed by atoms with Crippen LogP contribution in [-0.4, -0.2) is 43.7 Å². The summed E-state index contributed by atoms with van der Waals surface area (Å²) in [6.07, 6.45) is 0. The average molecular weight is 399 g/mol. The molecule has 0 heterocycles. The van der Waals surface area contributed by atoms with Crippen LogP contribution < -0.4 is 20.7 Å². The zero-order valence-electron chi connectivity index (χ0n) is 17.2. The van der Waals surface area contributed by atoms with Crippen LogP contribution in [0.15, 0.2) is 59.6 Å². The number of amides is 1. The van der Waals surface area contributed by atoms with Gasteiger partial charge < -0.3 is 25.8 Å². The molecule has 4 N–H and O–H groups in total. The molecule has 2 aromatic carbocycles. The highest BCUT2D eigenvalue weighted by Crippen LogP contribution is 2.18. The molecule has 0 saturated carbocycles. The van der Waals surface area contributed by atoms with Crippen LogP contribution in [-0.2, 0) is 16.9 Å². The summed E-state index contributed by atoms with van der Waals surface area (Å²) in [7, 11) is 1.62. The Morgan fingerprint density at radius 3 is 2.38 bits per heavy atom. The summed E-state index contributed by atoms with van der Waals surface area (Å²) in [4.78, 5) is 16.4. The van der Waals surface area contributed by atoms with E-state index in [-0.39, 0.29) is 19.0 Å². The Morgan fingerprint density at radius 2 is 1.76 bits per heavy atom. The smallest absolute Gasteiger partial charge is 0.242 e. The fourth-order valence-corrected chi connectivity index (χ4v) is 2.65. The van der Waals surface area contributed by atoms with Crippen LogP contribution in [0.25, 0.3) is 0 Å². The van der Waals surface area contributed by atoms with Gasteiger partial charge in [-0.15, -0.1) is 0 Å². The second-order valence-corrected chi connectivity index (χ2v) is 6.81. The van der Waals surface area contributed by atoms with Crippen molar-refractivity contribution >= 4 is 11.9 Å². The highest BCUT2D eigenvalue weighted by atomic mass is 16.5. The standard InChI is InChI=1S/C22H30N4O3/c1-4-23-21(26-16-22(2,28)18-8-6-5-7-9-18)25-15-20(27)24-14-17-10-12-19(29-3)13-11-17/h5-13,28H,4,14-16H2,1-3H3,(H,24,27)(H2,23,25,26). The van der Waals surface area contributed by atoms with E-state index in [2.05, 4.69) is 20.9 Å². The van der Waals surface area contributed by atoms with Crippen molar-refractivity contribution in [3.8, 4) is 5.75 Å². The maximum absolute atomic E-state index is 12.1. The normalized spacial score (nSPS) is 13.3. The van der Waals surface area contributed by atoms with Crippen molar-refractivity contribution in [2.24, 2.45) is 4.99 Å². The van der Waals surface area contributed by atoms with Crippen LogP contribution in [0.4, 0.5) is 0 Å². The van der Waals surface area contributed by atoms with Gasteiger partial charge in [-0.25, -0.2) is 4.99 Å². The average Bonchev–Trinajstić information content (AvgIpc) is 2.75. The molecule has 0 radical (unpaired) electrons. The van der Waals surface area contributed by atoms with Crippen molar-refractivity contribution in [3.05, 3.63) is 65.7 Å². The van der Waals surface area contributed by atoms with Crippen molar-refractivity contribution < 1.29 is 14.6 Å². The number of ether oxygens (including phenoxy) is 1. The number of rotatable bonds is 9. The van der Waals surface area contributed by atoms with Crippen LogP contribution in [0.1, 0.15) is 25.0 Å². The summed E-state index contributed by atoms with van der Waals surface area (Å²) in [5.74, 6) is 1.06. The first kappa shape index (κ1) is 22.2. The monoisotopic (exact) mass is 398 g/mol. The van der Waals surface area contributed by atoms with Gasteiger partial charge >= 0.3 is 0 Å². The number of nitrogens with one attached hydrogen (secondary N) is 3. The Hall–Kier alpha value is -3.06. The third-order valence-electron chi connectivity index (χ3n) is 4.37. The zero-order chi connectivity index (χ0) is 21.1. The lowest BCUT2D eigenvalue weighted by Crippen LogP contribution is -2.45. The molecule has 0 aliphatic rings. The van der Waals surface area contributed by atoms with Crippen LogP contribution in [0, 0.1) is 0 Å². The van der Waals surface area contributed by atoms with Crippen molar-refractivity contribution in [2.45, 2.75) is 26.0 Å². The molecule has 1 amide bonds. The molecule has 0 aliphatic carbocycles. The van der Waals surface area contributed by atoms with E-state index in [0.717, 1.165) is 16.9 Å². The predicted molar refractivity (Wildman–Crippen MR) is 115 cm³/mol. The lowest BCUT2D eigenvalue weighted by molar-refractivity contribution is -0.119. The number of benzene rings is 2. The van der Waals surface area contributed by atoms with Gasteiger partial charge in [-0.2, -0.15) is 0 Å². The number of guanidine groups is 1. The van der Waals surface area contributed by atoms with Gasteiger partial charge in [0.1, 0.15) is 17.9 Å². The van der Waals surface area contributed by atoms with E-state index >= 15 is 0 Å². The Kier molecular flexibility index (Phi) is 8.48. The maximum Gasteiger partial charge on any atom is 0.242 e. The Labute approximate surface area is 172 Å². The van der Waals surface area contributed by atoms with Gasteiger partial charge in [-0.1, -0.05) is 42.5 Å². The molecule has 2 aromatic rings. The summed E-state index contributed by atoms with van der Waals surface area (Å²) in [5, 5.41) is 19.7. The van der Waals surface area contributed by atoms with Gasteiger partial charge in [0, 0.05) is 13.1 Å². The van der Waals surface area contributed by atoms with Gasteiger partial charge in [0.15, 0.2) is 5.96 Å². The molecule has 1 atom stereocenters. The number of aliphatic hydroxyl groups is 1. The third-order valence-corrected chi connectivity index (χ3v) is 4.37. The second kappa shape index (κ2) is 11.1. The molecule has 0 fully saturated rings. The SMILES string of the molecule is CCNC(=NCC(=O)NCc1ccc(OC)cc1)NCC(C)(O)c1ccccc1. The quantitative estimate of drug-likeness (QED) is 0.382. The summed E-state index contributed by atoms with van der Waals surface area (Å²) in [6, 6.07) is 16.9. The number of carbonyl (C=O) groups is 1. The summed E-state index contributed by atoms with van der Waals surface area (Å²) in [6.45, 7) is 4.99. The van der Waals surface area contributed by atoms with Crippen LogP contribution in [0.2, 0.25) is 0 Å². The second-order valence-electron chi connectivity index (χ2n) is 6.81. The minimum atomic E-state index is -1.06. The van der Waals surface area contributed by atoms with Gasteiger partial charge in [0.05, 0.1) is 13.7 Å². The molecule has 7 heteroatoms. The van der Waals surface area contributed by atoms with E-state index < -0.39 is 5.60 Å². The molecule has 156 valence electrons. The molecular formula is C22H30N4O3. The molecule has 1 unspecified atom stereocenters. The largest absolute Gasteiger partial charge is 0.497 e. The van der Waals surface area contributed by atoms with Gasteiger partial charge in [0.2, 0.25) is 5.91 Å². The number of carbonyl (C=O) groups excluding carboxylic acids is 1. The molecule has 0 spiro atoms. The van der Waals surface area contributed by atoms with Crippen molar-refractivity contribution in [1.82, 2.24) is 16.0 Å². The molecule has 2 rings (SSSR count). The Morgan fingerprint density at radius 1 is 1.07 bits per heavy atom. The Bertz CT molecular complexity index is 789. The van der Waals surface area contributed by atoms with E-state index in [0.29, 0.717) is 19.0 Å². The van der Waals surface area contributed by atoms with Crippen molar-refractivity contribution in [2.75, 3.05) is 26.7 Å². The molecule has 0 aromatic heterocycles. The number of hydrogen-bond donors (Lipinski definition) is 4. The highest BCUT2D eigenvalue weighted by molar-refractivity contribution is 5.84. The fourth-order valence-electron chi connectivity index (χ4n) is 2.65. The van der Waals surface area contributed by atoms with Crippen LogP contribution >= 0.6 is 0 Å². The molecule has 0 bridgehead atoms. The summed E-state index contributed by atoms with van der Waals surface area (Å²) < 4.78 is 5.12. The number of aliphatic imine (C=N–C) groups is 1. The number of methoxy groups -OCH3 is 1. The predicted octanol–water partition coefficient (Wildman–Crippen LogP) is 1.77. The topological polar surface area (TPSA) is 95.0 Å². The van der Waals surface area contributed by atoms with Gasteiger partial charge in [-0.3, -0.25) is 4.79 Å². The number of nitrogens with zero attached hydrogens (tertiary/aromatic N) is 1. The van der Waals surface area contributed by atoms with Crippen LogP contribution in [0.3, 0.4) is 0 Å². The van der Waals surface area contributed by atoms with E-state index in [1.165, 1.54) is 0 Å². The van der Waals surface area contributed by atoms with E-state index in [9.17, 15) is 9.90 Å². The molecule has 7 nitrogen and oxygen atoms in total. The fraction of sp³-hybridized carbons (Fsp3) is 0.364. The summed E-state index contributed by atoms with van der Waals surface area (Å²) in [5.41, 5.74) is 0.723. The number of hydrogen-bond acceptors (Lipinski definition) is 4. The Balaban J connectivity index is 1.86. The minimum Gasteiger partial charge on any atom is -0.497 e. The lowest BCUT2D eigenvalue weighted by Gasteiger charge is -2.25. The van der Waals surface area contributed by atoms with Gasteiger partial charge in [0.25, 0.3) is 0 Å². The first-order valence-electron chi connectivity index (χ1n) is 9.64. The maximum atomic E-state index is 12.1. The van der Waals surface area contributed by atoms with Crippen molar-refractivity contribution in [1.29, 1.82) is 0 Å².